The van der Waals surface area contributed by atoms with Crippen molar-refractivity contribution in [1.29, 1.82) is 0 Å². The van der Waals surface area contributed by atoms with Crippen LogP contribution in [0.25, 0.3) is 0 Å². The van der Waals surface area contributed by atoms with Crippen molar-refractivity contribution in [2.45, 2.75) is 41.5 Å². The van der Waals surface area contributed by atoms with Gasteiger partial charge in [0.15, 0.2) is 29.1 Å². The van der Waals surface area contributed by atoms with E-state index in [2.05, 4.69) is 77.1 Å². The first-order valence-corrected chi connectivity index (χ1v) is 10.9. The molecule has 0 atom stereocenters. The Kier molecular flexibility index (Phi) is 12.1. The average molecular weight is 547 g/mol. The third-order valence-electron chi connectivity index (χ3n) is 4.01. The summed E-state index contributed by atoms with van der Waals surface area (Å²) in [5, 5.41) is 0. The quantitative estimate of drug-likeness (QED) is 0.154. The zero-order chi connectivity index (χ0) is 21.7. The fraction of sp³-hybridized carbons (Fsp3) is 0.250. The van der Waals surface area contributed by atoms with Crippen molar-refractivity contribution < 1.29 is 43.2 Å². The molecule has 0 nitrogen and oxygen atoms in total. The van der Waals surface area contributed by atoms with Gasteiger partial charge in [0.1, 0.15) is 7.85 Å². The topological polar surface area (TPSA) is 0 Å². The van der Waals surface area contributed by atoms with Crippen LogP contribution in [0, 0.1) is 43.2 Å². The third-order valence-corrected chi connectivity index (χ3v) is 6.69. The van der Waals surface area contributed by atoms with Gasteiger partial charge in [-0.15, -0.1) is 0 Å². The van der Waals surface area contributed by atoms with Gasteiger partial charge in [-0.1, -0.05) is 14.9 Å². The summed E-state index contributed by atoms with van der Waals surface area (Å²) in [5.74, 6) is -9.67. The van der Waals surface area contributed by atoms with E-state index in [9.17, 15) is 22.0 Å². The fourth-order valence-electron chi connectivity index (χ4n) is 2.25. The van der Waals surface area contributed by atoms with Crippen LogP contribution in [-0.2, 0) is 0 Å². The molecule has 0 spiro atoms. The molecular weight excluding hydrogens is 521 g/mol. The summed E-state index contributed by atoms with van der Waals surface area (Å²) in [6, 6.07) is 18.1. The van der Waals surface area contributed by atoms with E-state index in [-0.39, 0.29) is 36.1 Å². The van der Waals surface area contributed by atoms with Gasteiger partial charge >= 0.3 is 115 Å². The van der Waals surface area contributed by atoms with Gasteiger partial charge in [0.05, 0.1) is 0 Å². The first-order chi connectivity index (χ1) is 13.6. The zero-order valence-corrected chi connectivity index (χ0v) is 18.2. The second kappa shape index (κ2) is 12.8. The molecule has 0 fully saturated rings. The van der Waals surface area contributed by atoms with E-state index in [1.54, 1.807) is 0 Å². The maximum Gasteiger partial charge on any atom is 0.200 e. The van der Waals surface area contributed by atoms with E-state index in [4.69, 9.17) is 0 Å². The van der Waals surface area contributed by atoms with Gasteiger partial charge in [-0.3, -0.25) is 0 Å². The summed E-state index contributed by atoms with van der Waals surface area (Å²) in [7, 11) is 4.56. The molecule has 3 aromatic carbocycles. The van der Waals surface area contributed by atoms with Gasteiger partial charge < -0.3 is 0 Å². The molecule has 0 saturated heterocycles. The number of rotatable bonds is 3. The minimum Gasteiger partial charge on any atom is -0.204 e. The van der Waals surface area contributed by atoms with E-state index in [1.807, 2.05) is 0 Å². The Balaban J connectivity index is 0.000000575. The Morgan fingerprint density at radius 3 is 1.39 bits per heavy atom. The van der Waals surface area contributed by atoms with Crippen LogP contribution in [0.15, 0.2) is 48.5 Å². The number of hydrogen-bond acceptors (Lipinski definition) is 0. The Morgan fingerprint density at radius 2 is 1.00 bits per heavy atom. The summed E-state index contributed by atoms with van der Waals surface area (Å²) >= 11 is -0.0167. The Hall–Kier alpha value is -1.90. The van der Waals surface area contributed by atoms with Crippen molar-refractivity contribution in [2.75, 3.05) is 0 Å². The predicted octanol–water partition coefficient (Wildman–Crippen LogP) is 3.69. The van der Waals surface area contributed by atoms with Crippen LogP contribution in [0.3, 0.4) is 0 Å². The summed E-state index contributed by atoms with van der Waals surface area (Å²) < 4.78 is 64.1. The van der Waals surface area contributed by atoms with Crippen molar-refractivity contribution in [3.63, 3.8) is 0 Å². The van der Waals surface area contributed by atoms with Crippen LogP contribution in [0.5, 0.6) is 0 Å². The molecule has 0 aliphatic heterocycles. The second-order valence-corrected chi connectivity index (χ2v) is 9.61. The maximum atomic E-state index is 12.3. The fourth-order valence-corrected chi connectivity index (χ4v) is 4.41. The summed E-state index contributed by atoms with van der Waals surface area (Å²) in [6.45, 7) is 6.62. The summed E-state index contributed by atoms with van der Waals surface area (Å²) in [6.07, 6.45) is 0. The van der Waals surface area contributed by atoms with Crippen molar-refractivity contribution in [1.82, 2.24) is 0 Å². The molecule has 0 bridgehead atoms. The van der Waals surface area contributed by atoms with Crippen molar-refractivity contribution in [3.05, 3.63) is 95.9 Å². The average Bonchev–Trinajstić information content (AvgIpc) is 2.72. The van der Waals surface area contributed by atoms with Crippen LogP contribution in [0.1, 0.15) is 45.7 Å². The number of halogens is 6. The number of benzene rings is 3. The molecule has 0 heterocycles. The Bertz CT molecular complexity index is 866. The molecule has 0 aliphatic carbocycles. The van der Waals surface area contributed by atoms with Crippen LogP contribution in [-0.4, -0.2) is 7.85 Å². The minimum atomic E-state index is -2.21. The van der Waals surface area contributed by atoms with E-state index < -0.39 is 34.5 Å². The molecule has 0 N–H and O–H groups in total. The molecule has 7 heteroatoms. The predicted molar refractivity (Wildman–Crippen MR) is 114 cm³/mol. The first-order valence-electron chi connectivity index (χ1n) is 8.70. The van der Waals surface area contributed by atoms with Crippen LogP contribution in [0.2, 0.25) is 0 Å². The first kappa shape index (κ1) is 29.1. The number of hydrogen-bond donors (Lipinski definition) is 0. The Morgan fingerprint density at radius 1 is 0.645 bits per heavy atom. The maximum absolute atomic E-state index is 12.3. The molecule has 0 aliphatic rings. The minimum absolute atomic E-state index is 0. The molecule has 0 unspecified atom stereocenters. The molecule has 2 radical (unpaired) electrons. The van der Waals surface area contributed by atoms with Crippen LogP contribution >= 0.6 is 0 Å². The van der Waals surface area contributed by atoms with Crippen molar-refractivity contribution in [2.24, 2.45) is 0 Å². The molecule has 0 amide bonds. The monoisotopic (exact) mass is 547 g/mol. The number of aryl methyl sites for hydroxylation is 1. The van der Waals surface area contributed by atoms with Crippen LogP contribution < -0.4 is 26.7 Å². The Labute approximate surface area is 193 Å². The second-order valence-electron chi connectivity index (χ2n) is 6.58. The van der Waals surface area contributed by atoms with Gasteiger partial charge in [0, 0.05) is 0 Å². The SMILES string of the molecule is C.C.Cc1ccc([I-]c2ccc(C(C)C)cc2)cc1.[B]c1c(F)c(F)c(F)c(F)c1F. The third kappa shape index (κ3) is 7.63. The van der Waals surface area contributed by atoms with Crippen molar-refractivity contribution >= 4 is 13.3 Å². The smallest absolute Gasteiger partial charge is 0.200 e. The van der Waals surface area contributed by atoms with Crippen molar-refractivity contribution in [3.8, 4) is 0 Å². The molecule has 3 rings (SSSR count). The van der Waals surface area contributed by atoms with Gasteiger partial charge in [0.2, 0.25) is 0 Å². The van der Waals surface area contributed by atoms with Gasteiger partial charge in [-0.25, -0.2) is 22.0 Å². The van der Waals surface area contributed by atoms with Crippen LogP contribution in [0.4, 0.5) is 22.0 Å². The molecule has 0 saturated carbocycles. The summed E-state index contributed by atoms with van der Waals surface area (Å²) in [4.78, 5) is 0. The molecular formula is C24H26BF5I-. The molecule has 31 heavy (non-hydrogen) atoms. The summed E-state index contributed by atoms with van der Waals surface area (Å²) in [5.41, 5.74) is 1.40. The van der Waals surface area contributed by atoms with E-state index in [0.717, 1.165) is 0 Å². The van der Waals surface area contributed by atoms with Gasteiger partial charge in [0.25, 0.3) is 0 Å². The normalized spacial score (nSPS) is 10.1. The van der Waals surface area contributed by atoms with E-state index >= 15 is 0 Å². The molecule has 168 valence electrons. The molecule has 3 aromatic rings. The van der Waals surface area contributed by atoms with E-state index in [1.165, 1.54) is 18.3 Å². The largest absolute Gasteiger partial charge is 0.204 e. The standard InChI is InChI=1S/C16H18I.C6BF5.2CH4/c1-12(2)14-6-10-16(11-7-14)17-15-8-4-13(3)5-9-15;7-1-2(8)4(10)6(12)5(11)3(1)9;;/h4-12H,1-3H3;;2*1H4/q-1;;;. The van der Waals surface area contributed by atoms with E-state index in [0.29, 0.717) is 5.92 Å². The van der Waals surface area contributed by atoms with Gasteiger partial charge in [-0.05, 0) is 5.46 Å². The zero-order valence-electron chi connectivity index (χ0n) is 16.0. The van der Waals surface area contributed by atoms with Gasteiger partial charge in [-0.2, -0.15) is 0 Å². The molecule has 0 aromatic heterocycles.